The van der Waals surface area contributed by atoms with Crippen LogP contribution in [0, 0.1) is 0 Å². The molecule has 0 saturated heterocycles. The van der Waals surface area contributed by atoms with E-state index in [0.29, 0.717) is 24.0 Å². The second-order valence-corrected chi connectivity index (χ2v) is 8.02. The van der Waals surface area contributed by atoms with Crippen molar-refractivity contribution >= 4 is 29.3 Å². The second-order valence-electron chi connectivity index (χ2n) is 6.74. The summed E-state index contributed by atoms with van der Waals surface area (Å²) < 4.78 is 48.5. The number of hydrogen-bond donors (Lipinski definition) is 0. The van der Waals surface area contributed by atoms with Gasteiger partial charge < -0.3 is 9.47 Å². The van der Waals surface area contributed by atoms with Gasteiger partial charge in [-0.1, -0.05) is 30.7 Å². The van der Waals surface area contributed by atoms with Crippen molar-refractivity contribution in [3.8, 4) is 16.9 Å². The summed E-state index contributed by atoms with van der Waals surface area (Å²) in [6.45, 7) is 0.294. The van der Waals surface area contributed by atoms with Crippen LogP contribution in [0.3, 0.4) is 0 Å². The molecule has 2 atom stereocenters. The van der Waals surface area contributed by atoms with Gasteiger partial charge in [-0.3, -0.25) is 4.79 Å². The summed E-state index contributed by atoms with van der Waals surface area (Å²) in [5.74, 6) is -0.308. The molecule has 1 saturated carbocycles. The van der Waals surface area contributed by atoms with E-state index >= 15 is 0 Å². The normalized spacial score (nSPS) is 18.4. The van der Waals surface area contributed by atoms with E-state index in [9.17, 15) is 18.0 Å². The first-order chi connectivity index (χ1) is 13.7. The monoisotopic (exact) mass is 444 g/mol. The van der Waals surface area contributed by atoms with Gasteiger partial charge >= 0.3 is 12.1 Å². The molecule has 1 aliphatic rings. The number of esters is 1. The number of hydrogen-bond acceptors (Lipinski definition) is 4. The zero-order chi connectivity index (χ0) is 21.2. The second kappa shape index (κ2) is 8.88. The van der Waals surface area contributed by atoms with Crippen LogP contribution < -0.4 is 4.74 Å². The highest BCUT2D eigenvalue weighted by molar-refractivity contribution is 7.98. The maximum Gasteiger partial charge on any atom is 0.422 e. The summed E-state index contributed by atoms with van der Waals surface area (Å²) in [6.07, 6.45) is -1.81. The first kappa shape index (κ1) is 21.8. The fourth-order valence-electron chi connectivity index (χ4n) is 3.02. The van der Waals surface area contributed by atoms with Crippen LogP contribution in [0.15, 0.2) is 41.3 Å². The van der Waals surface area contributed by atoms with Crippen LogP contribution in [0.4, 0.5) is 13.2 Å². The van der Waals surface area contributed by atoms with E-state index in [-0.39, 0.29) is 28.8 Å². The van der Waals surface area contributed by atoms with Crippen molar-refractivity contribution in [2.45, 2.75) is 42.9 Å². The lowest BCUT2D eigenvalue weighted by atomic mass is 9.99. The first-order valence-corrected chi connectivity index (χ1v) is 10.7. The minimum Gasteiger partial charge on any atom is -0.482 e. The Hall–Kier alpha value is -1.86. The molecule has 2 aromatic rings. The molecule has 0 bridgehead atoms. The molecular formula is C21H20ClF3O3S. The van der Waals surface area contributed by atoms with Gasteiger partial charge in [-0.25, -0.2) is 0 Å². The lowest BCUT2D eigenvalue weighted by Gasteiger charge is -2.17. The van der Waals surface area contributed by atoms with Crippen molar-refractivity contribution in [2.75, 3.05) is 12.9 Å². The molecule has 3 rings (SSSR count). The Morgan fingerprint density at radius 1 is 1.24 bits per heavy atom. The van der Waals surface area contributed by atoms with E-state index in [2.05, 4.69) is 0 Å². The van der Waals surface area contributed by atoms with Gasteiger partial charge in [0.1, 0.15) is 11.9 Å². The van der Waals surface area contributed by atoms with Crippen molar-refractivity contribution in [1.29, 1.82) is 0 Å². The van der Waals surface area contributed by atoms with Gasteiger partial charge in [0.15, 0.2) is 6.61 Å². The third kappa shape index (κ3) is 5.60. The largest absolute Gasteiger partial charge is 0.482 e. The number of carbonyl (C=O) groups excluding carboxylic acids is 1. The third-order valence-electron chi connectivity index (χ3n) is 4.58. The molecule has 0 N–H and O–H groups in total. The molecule has 0 heterocycles. The molecule has 0 aliphatic heterocycles. The Morgan fingerprint density at radius 2 is 1.93 bits per heavy atom. The maximum atomic E-state index is 12.7. The molecule has 2 unspecified atom stereocenters. The Bertz CT molecular complexity index is 884. The summed E-state index contributed by atoms with van der Waals surface area (Å²) in [6, 6.07) is 10.8. The predicted molar refractivity (Wildman–Crippen MR) is 108 cm³/mol. The van der Waals surface area contributed by atoms with Gasteiger partial charge in [0.25, 0.3) is 0 Å². The number of alkyl halides is 3. The Balaban J connectivity index is 1.94. The molecule has 0 aromatic heterocycles. The van der Waals surface area contributed by atoms with Crippen LogP contribution >= 0.6 is 23.4 Å². The highest BCUT2D eigenvalue weighted by Gasteiger charge is 2.42. The van der Waals surface area contributed by atoms with Gasteiger partial charge in [-0.05, 0) is 48.1 Å². The summed E-state index contributed by atoms with van der Waals surface area (Å²) in [4.78, 5) is 12.5. The SMILES string of the molecule is CCC(=O)OC1CC1c1cc(Cl)c(OCC(F)(F)F)c(-c2ccc(SC)cc2)c1. The Labute approximate surface area is 176 Å². The molecule has 29 heavy (non-hydrogen) atoms. The number of ether oxygens (including phenoxy) is 2. The van der Waals surface area contributed by atoms with Gasteiger partial charge in [-0.15, -0.1) is 11.8 Å². The quantitative estimate of drug-likeness (QED) is 0.361. The lowest BCUT2D eigenvalue weighted by molar-refractivity contribution is -0.153. The van der Waals surface area contributed by atoms with Crippen LogP contribution in [0.5, 0.6) is 5.75 Å². The lowest BCUT2D eigenvalue weighted by Crippen LogP contribution is -2.19. The fraction of sp³-hybridized carbons (Fsp3) is 0.381. The predicted octanol–water partition coefficient (Wildman–Crippen LogP) is 6.48. The smallest absolute Gasteiger partial charge is 0.422 e. The van der Waals surface area contributed by atoms with Crippen molar-refractivity contribution in [2.24, 2.45) is 0 Å². The summed E-state index contributed by atoms with van der Waals surface area (Å²) in [5, 5.41) is 0.100. The maximum absolute atomic E-state index is 12.7. The number of halogens is 4. The number of thioether (sulfide) groups is 1. The van der Waals surface area contributed by atoms with E-state index in [1.807, 2.05) is 30.5 Å². The third-order valence-corrected chi connectivity index (χ3v) is 5.60. The van der Waals surface area contributed by atoms with Crippen LogP contribution in [-0.4, -0.2) is 31.1 Å². The first-order valence-electron chi connectivity index (χ1n) is 9.08. The molecule has 0 amide bonds. The summed E-state index contributed by atoms with van der Waals surface area (Å²) in [5.41, 5.74) is 2.00. The van der Waals surface area contributed by atoms with Crippen molar-refractivity contribution < 1.29 is 27.4 Å². The molecular weight excluding hydrogens is 425 g/mol. The Morgan fingerprint density at radius 3 is 2.52 bits per heavy atom. The van der Waals surface area contributed by atoms with Gasteiger partial charge in [-0.2, -0.15) is 13.2 Å². The molecule has 8 heteroatoms. The topological polar surface area (TPSA) is 35.5 Å². The van der Waals surface area contributed by atoms with Crippen LogP contribution in [-0.2, 0) is 9.53 Å². The average molecular weight is 445 g/mol. The average Bonchev–Trinajstić information content (AvgIpc) is 3.44. The molecule has 156 valence electrons. The number of rotatable bonds is 7. The number of carbonyl (C=O) groups is 1. The van der Waals surface area contributed by atoms with Crippen molar-refractivity contribution in [1.82, 2.24) is 0 Å². The van der Waals surface area contributed by atoms with Gasteiger partial charge in [0.05, 0.1) is 5.02 Å². The standard InChI is InChI=1S/C21H20ClF3O3S/c1-3-19(26)28-18-10-15(18)13-8-16(12-4-6-14(29-2)7-5-12)20(17(22)9-13)27-11-21(23,24)25/h4-9,15,18H,3,10-11H2,1-2H3. The fourth-order valence-corrected chi connectivity index (χ4v) is 3.71. The van der Waals surface area contributed by atoms with Crippen molar-refractivity contribution in [3.63, 3.8) is 0 Å². The van der Waals surface area contributed by atoms with Gasteiger partial charge in [0, 0.05) is 22.8 Å². The molecule has 2 aromatic carbocycles. The number of benzene rings is 2. The molecule has 0 spiro atoms. The van der Waals surface area contributed by atoms with E-state index in [0.717, 1.165) is 10.5 Å². The van der Waals surface area contributed by atoms with E-state index in [1.54, 1.807) is 30.8 Å². The summed E-state index contributed by atoms with van der Waals surface area (Å²) in [7, 11) is 0. The van der Waals surface area contributed by atoms with Crippen LogP contribution in [0.25, 0.3) is 11.1 Å². The van der Waals surface area contributed by atoms with Crippen LogP contribution in [0.1, 0.15) is 31.2 Å². The zero-order valence-electron chi connectivity index (χ0n) is 15.9. The van der Waals surface area contributed by atoms with E-state index in [1.165, 1.54) is 0 Å². The molecule has 1 fully saturated rings. The zero-order valence-corrected chi connectivity index (χ0v) is 17.5. The molecule has 1 aliphatic carbocycles. The molecule has 0 radical (unpaired) electrons. The van der Waals surface area contributed by atoms with Gasteiger partial charge in [0.2, 0.25) is 0 Å². The highest BCUT2D eigenvalue weighted by atomic mass is 35.5. The minimum absolute atomic E-state index is 0.00704. The Kier molecular flexibility index (Phi) is 6.69. The summed E-state index contributed by atoms with van der Waals surface area (Å²) >= 11 is 7.89. The van der Waals surface area contributed by atoms with Crippen molar-refractivity contribution in [3.05, 3.63) is 47.0 Å². The highest BCUT2D eigenvalue weighted by Crippen LogP contribution is 2.48. The minimum atomic E-state index is -4.47. The van der Waals surface area contributed by atoms with Crippen LogP contribution in [0.2, 0.25) is 5.02 Å². The van der Waals surface area contributed by atoms with E-state index < -0.39 is 12.8 Å². The molecule has 3 nitrogen and oxygen atoms in total. The van der Waals surface area contributed by atoms with E-state index in [4.69, 9.17) is 21.1 Å².